The average molecular weight is 422 g/mol. The summed E-state index contributed by atoms with van der Waals surface area (Å²) in [4.78, 5) is 12.8. The van der Waals surface area contributed by atoms with Crippen molar-refractivity contribution < 1.29 is 0 Å². The van der Waals surface area contributed by atoms with E-state index in [1.807, 2.05) is 17.5 Å². The van der Waals surface area contributed by atoms with E-state index in [1.54, 1.807) is 23.1 Å². The van der Waals surface area contributed by atoms with E-state index in [-0.39, 0.29) is 0 Å². The summed E-state index contributed by atoms with van der Waals surface area (Å²) in [6.45, 7) is 5.66. The van der Waals surface area contributed by atoms with Crippen molar-refractivity contribution >= 4 is 28.9 Å². The van der Waals surface area contributed by atoms with Gasteiger partial charge in [-0.2, -0.15) is 5.26 Å². The molecule has 5 nitrogen and oxygen atoms in total. The Bertz CT molecular complexity index is 1000. The quantitative estimate of drug-likeness (QED) is 0.472. The first-order chi connectivity index (χ1) is 14.3. The van der Waals surface area contributed by atoms with Crippen LogP contribution in [0.4, 0.5) is 5.82 Å². The number of benzene rings is 1. The fraction of sp³-hybridized carbons (Fsp3) is 0.318. The number of hydrogen-bond donors (Lipinski definition) is 1. The van der Waals surface area contributed by atoms with Gasteiger partial charge in [0.25, 0.3) is 0 Å². The van der Waals surface area contributed by atoms with E-state index >= 15 is 0 Å². The highest BCUT2D eigenvalue weighted by molar-refractivity contribution is 7.98. The Kier molecular flexibility index (Phi) is 6.45. The molecule has 1 aliphatic rings. The number of piperazine rings is 1. The zero-order valence-corrected chi connectivity index (χ0v) is 18.0. The smallest absolute Gasteiger partial charge is 0.190 e. The largest absolute Gasteiger partial charge is 0.353 e. The first-order valence-corrected chi connectivity index (χ1v) is 11.7. The van der Waals surface area contributed by atoms with Crippen LogP contribution in [0.1, 0.15) is 23.6 Å². The van der Waals surface area contributed by atoms with Crippen molar-refractivity contribution in [3.05, 3.63) is 58.5 Å². The van der Waals surface area contributed by atoms with E-state index < -0.39 is 0 Å². The molecule has 4 rings (SSSR count). The lowest BCUT2D eigenvalue weighted by molar-refractivity contribution is 0.582. The van der Waals surface area contributed by atoms with Gasteiger partial charge in [0.2, 0.25) is 0 Å². The Morgan fingerprint density at radius 1 is 1.17 bits per heavy atom. The number of nitrogens with zero attached hydrogens (tertiary/aromatic N) is 4. The Labute approximate surface area is 179 Å². The molecule has 0 radical (unpaired) electrons. The van der Waals surface area contributed by atoms with Gasteiger partial charge in [-0.3, -0.25) is 0 Å². The van der Waals surface area contributed by atoms with Crippen molar-refractivity contribution in [3.63, 3.8) is 0 Å². The van der Waals surface area contributed by atoms with Gasteiger partial charge in [0.1, 0.15) is 17.3 Å². The number of hydrogen-bond acceptors (Lipinski definition) is 7. The van der Waals surface area contributed by atoms with Gasteiger partial charge in [-0.25, -0.2) is 9.97 Å². The molecule has 3 heterocycles. The molecule has 0 aliphatic carbocycles. The van der Waals surface area contributed by atoms with Gasteiger partial charge in [-0.15, -0.1) is 11.3 Å². The van der Waals surface area contributed by atoms with Crippen molar-refractivity contribution in [2.24, 2.45) is 0 Å². The van der Waals surface area contributed by atoms with E-state index in [2.05, 4.69) is 47.5 Å². The van der Waals surface area contributed by atoms with Crippen LogP contribution < -0.4 is 10.2 Å². The SMILES string of the molecule is CCc1cccc(CSc2nc(-c3cccs3)c(C#N)c(N3CCNCC3)n2)c1. The zero-order valence-electron chi connectivity index (χ0n) is 16.4. The maximum Gasteiger partial charge on any atom is 0.190 e. The number of nitrogens with one attached hydrogen (secondary N) is 1. The zero-order chi connectivity index (χ0) is 20.1. The van der Waals surface area contributed by atoms with Crippen molar-refractivity contribution in [3.8, 4) is 16.6 Å². The second kappa shape index (κ2) is 9.40. The molecule has 1 N–H and O–H groups in total. The van der Waals surface area contributed by atoms with Crippen molar-refractivity contribution in [2.45, 2.75) is 24.3 Å². The van der Waals surface area contributed by atoms with Gasteiger partial charge in [0.05, 0.1) is 4.88 Å². The number of aryl methyl sites for hydroxylation is 1. The highest BCUT2D eigenvalue weighted by Gasteiger charge is 2.22. The lowest BCUT2D eigenvalue weighted by Gasteiger charge is -2.29. The average Bonchev–Trinajstić information content (AvgIpc) is 3.32. The predicted octanol–water partition coefficient (Wildman–Crippen LogP) is 4.34. The summed E-state index contributed by atoms with van der Waals surface area (Å²) in [5.41, 5.74) is 3.93. The molecule has 1 aliphatic heterocycles. The van der Waals surface area contributed by atoms with Crippen LogP contribution in [0.25, 0.3) is 10.6 Å². The third-order valence-corrected chi connectivity index (χ3v) is 6.71. The van der Waals surface area contributed by atoms with Gasteiger partial charge >= 0.3 is 0 Å². The van der Waals surface area contributed by atoms with Crippen molar-refractivity contribution in [1.82, 2.24) is 15.3 Å². The second-order valence-electron chi connectivity index (χ2n) is 6.84. The number of aromatic nitrogens is 2. The minimum absolute atomic E-state index is 0.576. The van der Waals surface area contributed by atoms with Crippen LogP contribution in [-0.4, -0.2) is 36.1 Å². The third-order valence-electron chi connectivity index (χ3n) is 4.92. The van der Waals surface area contributed by atoms with Crippen LogP contribution in [0.15, 0.2) is 46.9 Å². The van der Waals surface area contributed by atoms with Crippen molar-refractivity contribution in [1.29, 1.82) is 5.26 Å². The molecule has 0 bridgehead atoms. The molecule has 1 aromatic carbocycles. The molecule has 148 valence electrons. The van der Waals surface area contributed by atoms with Crippen LogP contribution in [0.3, 0.4) is 0 Å². The van der Waals surface area contributed by atoms with E-state index in [0.717, 1.165) is 59.9 Å². The summed E-state index contributed by atoms with van der Waals surface area (Å²) >= 11 is 3.24. The van der Waals surface area contributed by atoms with Crippen LogP contribution in [0.2, 0.25) is 0 Å². The van der Waals surface area contributed by atoms with Crippen LogP contribution in [0, 0.1) is 11.3 Å². The number of thioether (sulfide) groups is 1. The molecule has 0 atom stereocenters. The molecule has 1 fully saturated rings. The molecular formula is C22H23N5S2. The maximum absolute atomic E-state index is 9.91. The summed E-state index contributed by atoms with van der Waals surface area (Å²) in [5, 5.41) is 16.0. The Morgan fingerprint density at radius 3 is 2.72 bits per heavy atom. The predicted molar refractivity (Wildman–Crippen MR) is 121 cm³/mol. The van der Waals surface area contributed by atoms with Crippen LogP contribution in [-0.2, 0) is 12.2 Å². The molecule has 29 heavy (non-hydrogen) atoms. The monoisotopic (exact) mass is 421 g/mol. The molecule has 7 heteroatoms. The normalized spacial score (nSPS) is 14.0. The van der Waals surface area contributed by atoms with Crippen LogP contribution >= 0.6 is 23.1 Å². The first kappa shape index (κ1) is 19.9. The summed E-state index contributed by atoms with van der Waals surface area (Å²) in [7, 11) is 0. The molecule has 1 saturated heterocycles. The molecular weight excluding hydrogens is 398 g/mol. The summed E-state index contributed by atoms with van der Waals surface area (Å²) in [6, 6.07) is 15.1. The molecule has 2 aromatic heterocycles. The molecule has 3 aromatic rings. The Morgan fingerprint density at radius 2 is 2.00 bits per heavy atom. The van der Waals surface area contributed by atoms with Gasteiger partial charge < -0.3 is 10.2 Å². The number of thiophene rings is 1. The molecule has 0 saturated carbocycles. The fourth-order valence-corrected chi connectivity index (χ4v) is 4.88. The van der Waals surface area contributed by atoms with Gasteiger partial charge in [0, 0.05) is 31.9 Å². The second-order valence-corrected chi connectivity index (χ2v) is 8.73. The van der Waals surface area contributed by atoms with E-state index in [4.69, 9.17) is 9.97 Å². The van der Waals surface area contributed by atoms with Crippen molar-refractivity contribution in [2.75, 3.05) is 31.1 Å². The lowest BCUT2D eigenvalue weighted by atomic mass is 10.1. The highest BCUT2D eigenvalue weighted by Crippen LogP contribution is 2.34. The standard InChI is InChI=1S/C22H23N5S2/c1-2-16-5-3-6-17(13-16)15-29-22-25-20(19-7-4-12-28-19)18(14-23)21(26-22)27-10-8-24-9-11-27/h3-7,12-13,24H,2,8-11,15H2,1H3. The summed E-state index contributed by atoms with van der Waals surface area (Å²) < 4.78 is 0. The highest BCUT2D eigenvalue weighted by atomic mass is 32.2. The van der Waals surface area contributed by atoms with E-state index in [1.165, 1.54) is 11.1 Å². The summed E-state index contributed by atoms with van der Waals surface area (Å²) in [5.74, 6) is 1.57. The first-order valence-electron chi connectivity index (χ1n) is 9.80. The lowest BCUT2D eigenvalue weighted by Crippen LogP contribution is -2.44. The van der Waals surface area contributed by atoms with E-state index in [0.29, 0.717) is 5.56 Å². The van der Waals surface area contributed by atoms with E-state index in [9.17, 15) is 5.26 Å². The molecule has 0 amide bonds. The van der Waals surface area contributed by atoms with Gasteiger partial charge in [-0.05, 0) is 29.0 Å². The minimum Gasteiger partial charge on any atom is -0.353 e. The molecule has 0 unspecified atom stereocenters. The molecule has 0 spiro atoms. The maximum atomic E-state index is 9.91. The fourth-order valence-electron chi connectivity index (χ4n) is 3.38. The number of rotatable bonds is 6. The van der Waals surface area contributed by atoms with Crippen LogP contribution in [0.5, 0.6) is 0 Å². The Balaban J connectivity index is 1.69. The summed E-state index contributed by atoms with van der Waals surface area (Å²) in [6.07, 6.45) is 1.03. The van der Waals surface area contributed by atoms with Gasteiger partial charge in [0.15, 0.2) is 11.0 Å². The van der Waals surface area contributed by atoms with Gasteiger partial charge in [-0.1, -0.05) is 49.0 Å². The minimum atomic E-state index is 0.576. The Hall–Kier alpha value is -2.40. The number of nitriles is 1. The third kappa shape index (κ3) is 4.61. The number of anilines is 1. The topological polar surface area (TPSA) is 64.8 Å².